The Morgan fingerprint density at radius 3 is 2.57 bits per heavy atom. The van der Waals surface area contributed by atoms with E-state index in [-0.39, 0.29) is 0 Å². The third kappa shape index (κ3) is 2.49. The summed E-state index contributed by atoms with van der Waals surface area (Å²) in [6.45, 7) is 1.01. The van der Waals surface area contributed by atoms with Crippen LogP contribution >= 0.6 is 0 Å². The van der Waals surface area contributed by atoms with E-state index in [9.17, 15) is 13.2 Å². The third-order valence-electron chi connectivity index (χ3n) is 3.47. The zero-order valence-corrected chi connectivity index (χ0v) is 11.4. The first-order valence-electron chi connectivity index (χ1n) is 6.53. The lowest BCUT2D eigenvalue weighted by atomic mass is 10.1. The molecule has 0 amide bonds. The second-order valence-corrected chi connectivity index (χ2v) is 4.79. The molecule has 1 aromatic heterocycles. The van der Waals surface area contributed by atoms with Gasteiger partial charge in [-0.1, -0.05) is 0 Å². The Hall–Kier alpha value is -2.02. The number of hydrogen-bond donors (Lipinski definition) is 1. The largest absolute Gasteiger partial charge is 0.497 e. The molecule has 1 aromatic carbocycles. The predicted octanol–water partition coefficient (Wildman–Crippen LogP) is 2.55. The molecule has 2 heterocycles. The van der Waals surface area contributed by atoms with Crippen molar-refractivity contribution in [2.24, 2.45) is 0 Å². The fraction of sp³-hybridized carbons (Fsp3) is 0.357. The first-order chi connectivity index (χ1) is 10.0. The summed E-state index contributed by atoms with van der Waals surface area (Å²) in [7, 11) is 1.51. The summed E-state index contributed by atoms with van der Waals surface area (Å²) in [6, 6.07) is 6.50. The molecule has 0 radical (unpaired) electrons. The minimum atomic E-state index is -4.49. The van der Waals surface area contributed by atoms with Crippen molar-refractivity contribution in [2.75, 3.05) is 13.7 Å². The molecule has 112 valence electrons. The van der Waals surface area contributed by atoms with Gasteiger partial charge in [0.25, 0.3) is 0 Å². The summed E-state index contributed by atoms with van der Waals surface area (Å²) < 4.78 is 46.0. The van der Waals surface area contributed by atoms with Crippen molar-refractivity contribution in [1.82, 2.24) is 14.9 Å². The van der Waals surface area contributed by atoms with Crippen LogP contribution in [0.25, 0.3) is 5.69 Å². The van der Waals surface area contributed by atoms with Crippen LogP contribution < -0.4 is 10.1 Å². The van der Waals surface area contributed by atoms with Gasteiger partial charge >= 0.3 is 6.18 Å². The molecule has 0 bridgehead atoms. The van der Waals surface area contributed by atoms with Crippen LogP contribution in [-0.2, 0) is 19.1 Å². The van der Waals surface area contributed by atoms with Crippen LogP contribution in [0.1, 0.15) is 17.2 Å². The van der Waals surface area contributed by atoms with Crippen molar-refractivity contribution < 1.29 is 17.9 Å². The summed E-state index contributed by atoms with van der Waals surface area (Å²) in [6.07, 6.45) is -3.97. The van der Waals surface area contributed by atoms with E-state index in [4.69, 9.17) is 4.74 Å². The van der Waals surface area contributed by atoms with Gasteiger partial charge in [0, 0.05) is 30.9 Å². The Labute approximate surface area is 119 Å². The summed E-state index contributed by atoms with van der Waals surface area (Å²) in [5, 5.41) is 3.04. The summed E-state index contributed by atoms with van der Waals surface area (Å²) >= 11 is 0. The van der Waals surface area contributed by atoms with Crippen molar-refractivity contribution in [3.63, 3.8) is 0 Å². The van der Waals surface area contributed by atoms with Crippen molar-refractivity contribution in [3.8, 4) is 11.4 Å². The van der Waals surface area contributed by atoms with Gasteiger partial charge in [-0.15, -0.1) is 0 Å². The highest BCUT2D eigenvalue weighted by Crippen LogP contribution is 2.33. The third-order valence-corrected chi connectivity index (χ3v) is 3.47. The van der Waals surface area contributed by atoms with Crippen LogP contribution in [0.2, 0.25) is 0 Å². The van der Waals surface area contributed by atoms with Crippen LogP contribution in [0.5, 0.6) is 5.75 Å². The number of ether oxygens (including phenoxy) is 1. The molecule has 0 atom stereocenters. The molecule has 0 saturated carbocycles. The maximum Gasteiger partial charge on any atom is 0.450 e. The molecular formula is C14H14F3N3O. The molecular weight excluding hydrogens is 283 g/mol. The second kappa shape index (κ2) is 5.07. The second-order valence-electron chi connectivity index (χ2n) is 4.79. The molecule has 1 aliphatic rings. The zero-order chi connectivity index (χ0) is 15.0. The number of imidazole rings is 1. The van der Waals surface area contributed by atoms with E-state index >= 15 is 0 Å². The van der Waals surface area contributed by atoms with Gasteiger partial charge in [0.1, 0.15) is 5.75 Å². The van der Waals surface area contributed by atoms with Crippen molar-refractivity contribution in [2.45, 2.75) is 19.1 Å². The molecule has 1 N–H and O–H groups in total. The first kappa shape index (κ1) is 13.9. The molecule has 4 nitrogen and oxygen atoms in total. The Morgan fingerprint density at radius 1 is 1.24 bits per heavy atom. The van der Waals surface area contributed by atoms with Crippen LogP contribution in [0.3, 0.4) is 0 Å². The van der Waals surface area contributed by atoms with Crippen LogP contribution in [0, 0.1) is 0 Å². The number of nitrogens with zero attached hydrogens (tertiary/aromatic N) is 2. The normalized spacial score (nSPS) is 14.9. The van der Waals surface area contributed by atoms with Gasteiger partial charge in [-0.2, -0.15) is 13.2 Å². The highest BCUT2D eigenvalue weighted by Gasteiger charge is 2.39. The van der Waals surface area contributed by atoms with E-state index in [1.54, 1.807) is 24.3 Å². The lowest BCUT2D eigenvalue weighted by Crippen LogP contribution is -2.25. The number of aromatic nitrogens is 2. The van der Waals surface area contributed by atoms with Gasteiger partial charge in [-0.3, -0.25) is 4.57 Å². The average Bonchev–Trinajstić information content (AvgIpc) is 2.87. The Kier molecular flexibility index (Phi) is 3.36. The topological polar surface area (TPSA) is 39.1 Å². The number of nitrogens with one attached hydrogen (secondary N) is 1. The highest BCUT2D eigenvalue weighted by atomic mass is 19.4. The Balaban J connectivity index is 2.16. The molecule has 3 rings (SSSR count). The minimum absolute atomic E-state index is 0.363. The maximum absolute atomic E-state index is 13.2. The van der Waals surface area contributed by atoms with Crippen LogP contribution in [-0.4, -0.2) is 23.2 Å². The number of alkyl halides is 3. The van der Waals surface area contributed by atoms with Gasteiger partial charge in [0.2, 0.25) is 5.82 Å². The van der Waals surface area contributed by atoms with Gasteiger partial charge in [0.05, 0.1) is 12.8 Å². The predicted molar refractivity (Wildman–Crippen MR) is 70.5 cm³/mol. The molecule has 2 aromatic rings. The SMILES string of the molecule is COc1ccc(-n2c(C(F)(F)F)nc3c2CCNC3)cc1. The lowest BCUT2D eigenvalue weighted by molar-refractivity contribution is -0.146. The van der Waals surface area contributed by atoms with E-state index < -0.39 is 12.0 Å². The molecule has 1 aliphatic heterocycles. The number of halogens is 3. The monoisotopic (exact) mass is 297 g/mol. The highest BCUT2D eigenvalue weighted by molar-refractivity contribution is 5.42. The standard InChI is InChI=1S/C14H14F3N3O/c1-21-10-4-2-9(3-5-10)20-12-6-7-18-8-11(12)19-13(20)14(15,16)17/h2-5,18H,6-8H2,1H3. The zero-order valence-electron chi connectivity index (χ0n) is 11.4. The number of rotatable bonds is 2. The lowest BCUT2D eigenvalue weighted by Gasteiger charge is -2.17. The van der Waals surface area contributed by atoms with Gasteiger partial charge < -0.3 is 10.1 Å². The number of fused-ring (bicyclic) bond motifs is 1. The van der Waals surface area contributed by atoms with E-state index in [2.05, 4.69) is 10.3 Å². The molecule has 0 aliphatic carbocycles. The van der Waals surface area contributed by atoms with E-state index in [0.717, 1.165) is 0 Å². The molecule has 0 saturated heterocycles. The fourth-order valence-electron chi connectivity index (χ4n) is 2.51. The van der Waals surface area contributed by atoms with Gasteiger partial charge in [-0.25, -0.2) is 4.98 Å². The van der Waals surface area contributed by atoms with Gasteiger partial charge in [0.15, 0.2) is 0 Å². The Morgan fingerprint density at radius 2 is 1.95 bits per heavy atom. The summed E-state index contributed by atoms with van der Waals surface area (Å²) in [5.74, 6) is -0.274. The molecule has 21 heavy (non-hydrogen) atoms. The van der Waals surface area contributed by atoms with Crippen molar-refractivity contribution >= 4 is 0 Å². The van der Waals surface area contributed by atoms with E-state index in [1.807, 2.05) is 0 Å². The summed E-state index contributed by atoms with van der Waals surface area (Å²) in [4.78, 5) is 3.79. The van der Waals surface area contributed by atoms with E-state index in [1.165, 1.54) is 11.7 Å². The number of hydrogen-bond acceptors (Lipinski definition) is 3. The quantitative estimate of drug-likeness (QED) is 0.926. The van der Waals surface area contributed by atoms with Crippen molar-refractivity contribution in [1.29, 1.82) is 0 Å². The maximum atomic E-state index is 13.2. The van der Waals surface area contributed by atoms with Crippen LogP contribution in [0.15, 0.2) is 24.3 Å². The molecule has 0 fully saturated rings. The summed E-state index contributed by atoms with van der Waals surface area (Å²) in [5.41, 5.74) is 1.52. The molecule has 0 spiro atoms. The van der Waals surface area contributed by atoms with E-state index in [0.29, 0.717) is 42.3 Å². The van der Waals surface area contributed by atoms with Crippen LogP contribution in [0.4, 0.5) is 13.2 Å². The number of methoxy groups -OCH3 is 1. The Bertz CT molecular complexity index is 647. The van der Waals surface area contributed by atoms with Gasteiger partial charge in [-0.05, 0) is 24.3 Å². The minimum Gasteiger partial charge on any atom is -0.497 e. The fourth-order valence-corrected chi connectivity index (χ4v) is 2.51. The smallest absolute Gasteiger partial charge is 0.450 e. The number of benzene rings is 1. The first-order valence-corrected chi connectivity index (χ1v) is 6.53. The molecule has 7 heteroatoms. The molecule has 0 unspecified atom stereocenters. The average molecular weight is 297 g/mol. The van der Waals surface area contributed by atoms with Crippen molar-refractivity contribution in [3.05, 3.63) is 41.5 Å².